The summed E-state index contributed by atoms with van der Waals surface area (Å²) in [7, 11) is 0. The number of carbonyl (C=O) groups is 1. The van der Waals surface area contributed by atoms with E-state index in [4.69, 9.17) is 21.1 Å². The van der Waals surface area contributed by atoms with Crippen molar-refractivity contribution in [1.29, 1.82) is 0 Å². The maximum Gasteiger partial charge on any atom is 0.356 e. The zero-order valence-corrected chi connectivity index (χ0v) is 14.6. The summed E-state index contributed by atoms with van der Waals surface area (Å²) in [5, 5.41) is 0.620. The lowest BCUT2D eigenvalue weighted by Crippen LogP contribution is -2.08. The summed E-state index contributed by atoms with van der Waals surface area (Å²) < 4.78 is 10.7. The molecule has 0 aliphatic carbocycles. The monoisotopic (exact) mass is 345 g/mol. The summed E-state index contributed by atoms with van der Waals surface area (Å²) in [5.74, 6) is 0.301. The number of carbonyl (C=O) groups excluding carboxylic acids is 1. The fraction of sp³-hybridized carbons (Fsp3) is 0.263. The van der Waals surface area contributed by atoms with Crippen LogP contribution in [0.3, 0.4) is 0 Å². The molecule has 0 N–H and O–H groups in total. The molecule has 0 atom stereocenters. The van der Waals surface area contributed by atoms with Gasteiger partial charge in [-0.05, 0) is 49.8 Å². The van der Waals surface area contributed by atoms with Crippen molar-refractivity contribution in [1.82, 2.24) is 4.98 Å². The van der Waals surface area contributed by atoms with Gasteiger partial charge in [-0.25, -0.2) is 9.78 Å². The standard InChI is InChI=1S/C19H20ClNO3/c1-4-23-19(22)17-7-5-6-16(21-17)11-14-10-15(20)8-9-18(14)24-12-13(2)3/h5-10H,2,4,11-12H2,1,3H3. The molecule has 2 aromatic rings. The molecule has 0 saturated heterocycles. The van der Waals surface area contributed by atoms with Gasteiger partial charge >= 0.3 is 5.97 Å². The van der Waals surface area contributed by atoms with Gasteiger partial charge in [0.1, 0.15) is 18.1 Å². The number of hydrogen-bond acceptors (Lipinski definition) is 4. The molecule has 1 heterocycles. The van der Waals surface area contributed by atoms with Gasteiger partial charge in [0.15, 0.2) is 0 Å². The van der Waals surface area contributed by atoms with E-state index in [0.717, 1.165) is 22.6 Å². The largest absolute Gasteiger partial charge is 0.489 e. The van der Waals surface area contributed by atoms with Crippen LogP contribution in [0, 0.1) is 0 Å². The van der Waals surface area contributed by atoms with Crippen molar-refractivity contribution in [2.45, 2.75) is 20.3 Å². The van der Waals surface area contributed by atoms with Crippen LogP contribution in [0.5, 0.6) is 5.75 Å². The maximum absolute atomic E-state index is 11.8. The zero-order valence-electron chi connectivity index (χ0n) is 13.8. The number of esters is 1. The Morgan fingerprint density at radius 1 is 1.29 bits per heavy atom. The lowest BCUT2D eigenvalue weighted by atomic mass is 10.1. The van der Waals surface area contributed by atoms with Gasteiger partial charge in [-0.3, -0.25) is 0 Å². The Kier molecular flexibility index (Phi) is 6.38. The van der Waals surface area contributed by atoms with Crippen molar-refractivity contribution in [3.8, 4) is 5.75 Å². The van der Waals surface area contributed by atoms with E-state index in [9.17, 15) is 4.79 Å². The first-order valence-corrected chi connectivity index (χ1v) is 8.06. The van der Waals surface area contributed by atoms with E-state index >= 15 is 0 Å². The highest BCUT2D eigenvalue weighted by molar-refractivity contribution is 6.30. The van der Waals surface area contributed by atoms with Crippen molar-refractivity contribution in [3.63, 3.8) is 0 Å². The number of ether oxygens (including phenoxy) is 2. The van der Waals surface area contributed by atoms with Crippen LogP contribution in [0.2, 0.25) is 5.02 Å². The Bertz CT molecular complexity index is 743. The number of nitrogens with zero attached hydrogens (tertiary/aromatic N) is 1. The van der Waals surface area contributed by atoms with Crippen molar-refractivity contribution >= 4 is 17.6 Å². The van der Waals surface area contributed by atoms with Gasteiger partial charge in [-0.1, -0.05) is 24.2 Å². The van der Waals surface area contributed by atoms with Crippen LogP contribution in [0.1, 0.15) is 35.6 Å². The van der Waals surface area contributed by atoms with Crippen LogP contribution < -0.4 is 4.74 Å². The summed E-state index contributed by atoms with van der Waals surface area (Å²) in [6.45, 7) is 8.25. The van der Waals surface area contributed by atoms with Gasteiger partial charge in [0.05, 0.1) is 6.61 Å². The zero-order chi connectivity index (χ0) is 17.5. The van der Waals surface area contributed by atoms with Crippen molar-refractivity contribution in [2.24, 2.45) is 0 Å². The molecule has 2 rings (SSSR count). The highest BCUT2D eigenvalue weighted by Gasteiger charge is 2.11. The number of benzene rings is 1. The van der Waals surface area contributed by atoms with Crippen molar-refractivity contribution < 1.29 is 14.3 Å². The summed E-state index contributed by atoms with van der Waals surface area (Å²) in [6, 6.07) is 10.7. The number of pyridine rings is 1. The lowest BCUT2D eigenvalue weighted by molar-refractivity contribution is 0.0519. The predicted molar refractivity (Wildman–Crippen MR) is 94.8 cm³/mol. The number of halogens is 1. The molecule has 0 aliphatic heterocycles. The number of hydrogen-bond donors (Lipinski definition) is 0. The molecule has 1 aromatic heterocycles. The topological polar surface area (TPSA) is 48.4 Å². The van der Waals surface area contributed by atoms with Crippen LogP contribution in [-0.2, 0) is 11.2 Å². The molecular weight excluding hydrogens is 326 g/mol. The van der Waals surface area contributed by atoms with E-state index in [2.05, 4.69) is 11.6 Å². The molecule has 1 aromatic carbocycles. The summed E-state index contributed by atoms with van der Waals surface area (Å²) in [5.41, 5.74) is 2.86. The SMILES string of the molecule is C=C(C)COc1ccc(Cl)cc1Cc1cccc(C(=O)OCC)n1. The van der Waals surface area contributed by atoms with Gasteiger partial charge < -0.3 is 9.47 Å². The third-order valence-electron chi connectivity index (χ3n) is 3.16. The minimum Gasteiger partial charge on any atom is -0.489 e. The molecule has 0 spiro atoms. The minimum atomic E-state index is -0.427. The highest BCUT2D eigenvalue weighted by Crippen LogP contribution is 2.25. The molecule has 0 radical (unpaired) electrons. The van der Waals surface area contributed by atoms with Crippen LogP contribution >= 0.6 is 11.6 Å². The second-order valence-electron chi connectivity index (χ2n) is 5.41. The second-order valence-corrected chi connectivity index (χ2v) is 5.85. The molecule has 24 heavy (non-hydrogen) atoms. The molecule has 0 fully saturated rings. The van der Waals surface area contributed by atoms with E-state index in [1.54, 1.807) is 25.1 Å². The van der Waals surface area contributed by atoms with Crippen molar-refractivity contribution in [3.05, 3.63) is 70.5 Å². The van der Waals surface area contributed by atoms with E-state index in [1.807, 2.05) is 25.1 Å². The summed E-state index contributed by atoms with van der Waals surface area (Å²) in [4.78, 5) is 16.2. The average molecular weight is 346 g/mol. The first kappa shape index (κ1) is 18.0. The molecule has 126 valence electrons. The molecule has 0 unspecified atom stereocenters. The first-order chi connectivity index (χ1) is 11.5. The Balaban J connectivity index is 2.24. The predicted octanol–water partition coefficient (Wildman–Crippen LogP) is 4.46. The van der Waals surface area contributed by atoms with Gasteiger partial charge in [0.25, 0.3) is 0 Å². The minimum absolute atomic E-state index is 0.292. The fourth-order valence-corrected chi connectivity index (χ4v) is 2.31. The molecule has 0 saturated carbocycles. The van der Waals surface area contributed by atoms with Crippen LogP contribution in [-0.4, -0.2) is 24.2 Å². The Morgan fingerprint density at radius 3 is 2.79 bits per heavy atom. The second kappa shape index (κ2) is 8.50. The van der Waals surface area contributed by atoms with Crippen LogP contribution in [0.25, 0.3) is 0 Å². The molecule has 0 aliphatic rings. The van der Waals surface area contributed by atoms with E-state index in [1.165, 1.54) is 0 Å². The molecule has 0 bridgehead atoms. The van der Waals surface area contributed by atoms with Crippen LogP contribution in [0.4, 0.5) is 0 Å². The quantitative estimate of drug-likeness (QED) is 0.549. The van der Waals surface area contributed by atoms with Crippen molar-refractivity contribution in [2.75, 3.05) is 13.2 Å². The molecule has 5 heteroatoms. The van der Waals surface area contributed by atoms with E-state index < -0.39 is 5.97 Å². The van der Waals surface area contributed by atoms with E-state index in [0.29, 0.717) is 30.4 Å². The third kappa shape index (κ3) is 5.10. The smallest absolute Gasteiger partial charge is 0.356 e. The highest BCUT2D eigenvalue weighted by atomic mass is 35.5. The Hall–Kier alpha value is -2.33. The summed E-state index contributed by atoms with van der Waals surface area (Å²) in [6.07, 6.45) is 0.499. The van der Waals surface area contributed by atoms with E-state index in [-0.39, 0.29) is 0 Å². The van der Waals surface area contributed by atoms with Gasteiger partial charge in [0, 0.05) is 22.7 Å². The first-order valence-electron chi connectivity index (χ1n) is 7.68. The Morgan fingerprint density at radius 2 is 2.08 bits per heavy atom. The van der Waals surface area contributed by atoms with Crippen LogP contribution in [0.15, 0.2) is 48.6 Å². The van der Waals surface area contributed by atoms with Gasteiger partial charge in [0.2, 0.25) is 0 Å². The van der Waals surface area contributed by atoms with Gasteiger partial charge in [-0.15, -0.1) is 0 Å². The number of rotatable bonds is 7. The molecule has 0 amide bonds. The maximum atomic E-state index is 11.8. The normalized spacial score (nSPS) is 10.3. The molecular formula is C19H20ClNO3. The summed E-state index contributed by atoms with van der Waals surface area (Å²) >= 11 is 6.10. The third-order valence-corrected chi connectivity index (χ3v) is 3.39. The molecule has 4 nitrogen and oxygen atoms in total. The lowest BCUT2D eigenvalue weighted by Gasteiger charge is -2.12. The number of aromatic nitrogens is 1. The average Bonchev–Trinajstić information content (AvgIpc) is 2.54. The Labute approximate surface area is 147 Å². The van der Waals surface area contributed by atoms with Gasteiger partial charge in [-0.2, -0.15) is 0 Å². The fourth-order valence-electron chi connectivity index (χ4n) is 2.12.